The zero-order valence-electron chi connectivity index (χ0n) is 36.4. The number of nitrogens with zero attached hydrogens (tertiary/aromatic N) is 7. The predicted molar refractivity (Wildman–Crippen MR) is 242 cm³/mol. The monoisotopic (exact) mass is 932 g/mol. The van der Waals surface area contributed by atoms with Gasteiger partial charge in [-0.1, -0.05) is 24.3 Å². The molecule has 6 aliphatic rings. The van der Waals surface area contributed by atoms with E-state index in [1.807, 2.05) is 28.8 Å². The minimum absolute atomic E-state index is 0.0639. The standard InChI is InChI=1S/C48H47F3N10O5S/c49-36-19-30(18-33-34(36)20-61(45(33)66)42(44(65)56-46-52-14-17-67-46)41-38-2-1-15-58(38)27-53-41)28-5-9-32(10-6-28)59-22-47(23-59)24-60(25-47)40(63)21-57-16-13-35(48(50,51)26-57)29-3-7-31(8-4-29)54-37-11-12-39(62)55-43(37)64/h3-10,14,17-19,27,35,37,42,54H,1-2,11-13,15-16,20-26H2,(H,52,56,65)(H,55,62,64). The van der Waals surface area contributed by atoms with Gasteiger partial charge in [0.15, 0.2) is 11.2 Å². The van der Waals surface area contributed by atoms with E-state index in [0.717, 1.165) is 49.4 Å². The number of imide groups is 1. The van der Waals surface area contributed by atoms with Crippen LogP contribution in [0, 0.1) is 11.2 Å². The highest BCUT2D eigenvalue weighted by Crippen LogP contribution is 2.44. The second-order valence-corrected chi connectivity index (χ2v) is 19.7. The van der Waals surface area contributed by atoms with Crippen molar-refractivity contribution in [3.8, 4) is 11.1 Å². The summed E-state index contributed by atoms with van der Waals surface area (Å²) in [6, 6.07) is 15.8. The van der Waals surface area contributed by atoms with Crippen molar-refractivity contribution in [2.45, 2.75) is 69.1 Å². The SMILES string of the molecule is O=C1CCC(Nc2ccc(C3CCN(CC(=O)N4CC5(C4)CN(c4ccc(-c6cc(F)c7c(c6)C(=O)N(C(C(=O)Nc6nccs6)c6ncn8c6CCC8)C7)cc4)C5)CC3(F)F)cc2)C(=O)N1. The Balaban J connectivity index is 0.676. The molecule has 5 amide bonds. The molecule has 67 heavy (non-hydrogen) atoms. The molecule has 3 unspecified atom stereocenters. The molecule has 1 spiro atoms. The lowest BCUT2D eigenvalue weighted by molar-refractivity contribution is -0.149. The summed E-state index contributed by atoms with van der Waals surface area (Å²) in [5.74, 6) is -6.35. The summed E-state index contributed by atoms with van der Waals surface area (Å²) >= 11 is 1.26. The number of hydrogen-bond donors (Lipinski definition) is 3. The molecule has 8 heterocycles. The van der Waals surface area contributed by atoms with Crippen molar-refractivity contribution >= 4 is 57.4 Å². The number of anilines is 3. The smallest absolute Gasteiger partial charge is 0.267 e. The van der Waals surface area contributed by atoms with Gasteiger partial charge in [-0.3, -0.25) is 39.5 Å². The Kier molecular flexibility index (Phi) is 10.7. The van der Waals surface area contributed by atoms with Crippen LogP contribution in [0.4, 0.5) is 29.7 Å². The van der Waals surface area contributed by atoms with Crippen molar-refractivity contribution < 1.29 is 37.1 Å². The average Bonchev–Trinajstić information content (AvgIpc) is 4.09. The van der Waals surface area contributed by atoms with Crippen molar-refractivity contribution in [1.82, 2.24) is 34.6 Å². The molecule has 4 fully saturated rings. The van der Waals surface area contributed by atoms with Gasteiger partial charge in [-0.25, -0.2) is 23.1 Å². The van der Waals surface area contributed by atoms with E-state index in [9.17, 15) is 24.0 Å². The molecule has 15 nitrogen and oxygen atoms in total. The summed E-state index contributed by atoms with van der Waals surface area (Å²) < 4.78 is 49.1. The van der Waals surface area contributed by atoms with E-state index in [-0.39, 0.29) is 54.3 Å². The molecule has 3 aromatic carbocycles. The van der Waals surface area contributed by atoms with Gasteiger partial charge in [0.05, 0.1) is 37.6 Å². The fraction of sp³-hybridized carbons (Fsp3) is 0.396. The Morgan fingerprint density at radius 1 is 0.910 bits per heavy atom. The van der Waals surface area contributed by atoms with E-state index < -0.39 is 54.0 Å². The number of alkyl halides is 2. The van der Waals surface area contributed by atoms with Crippen LogP contribution in [0.1, 0.15) is 70.5 Å². The molecule has 5 aromatic rings. The van der Waals surface area contributed by atoms with Crippen molar-refractivity contribution in [2.75, 3.05) is 61.3 Å². The summed E-state index contributed by atoms with van der Waals surface area (Å²) in [6.07, 6.45) is 5.69. The Labute approximate surface area is 387 Å². The van der Waals surface area contributed by atoms with E-state index in [4.69, 9.17) is 0 Å². The molecular weight excluding hydrogens is 886 g/mol. The fourth-order valence-electron chi connectivity index (χ4n) is 10.8. The highest BCUT2D eigenvalue weighted by Gasteiger charge is 2.54. The van der Waals surface area contributed by atoms with Crippen LogP contribution in [0.2, 0.25) is 0 Å². The Morgan fingerprint density at radius 3 is 2.43 bits per heavy atom. The highest BCUT2D eigenvalue weighted by atomic mass is 32.1. The average molecular weight is 933 g/mol. The number of nitrogens with one attached hydrogen (secondary N) is 3. The first-order valence-corrected chi connectivity index (χ1v) is 23.5. The molecule has 11 rings (SSSR count). The summed E-state index contributed by atoms with van der Waals surface area (Å²) in [7, 11) is 0. The number of carbonyl (C=O) groups is 5. The lowest BCUT2D eigenvalue weighted by atomic mass is 9.72. The van der Waals surface area contributed by atoms with Gasteiger partial charge in [0.2, 0.25) is 17.7 Å². The van der Waals surface area contributed by atoms with Crippen molar-refractivity contribution in [3.63, 3.8) is 0 Å². The third-order valence-corrected chi connectivity index (χ3v) is 14.9. The first-order chi connectivity index (χ1) is 32.3. The van der Waals surface area contributed by atoms with Gasteiger partial charge in [0, 0.05) is 84.3 Å². The minimum Gasteiger partial charge on any atom is -0.374 e. The van der Waals surface area contributed by atoms with E-state index >= 15 is 13.2 Å². The number of fused-ring (bicyclic) bond motifs is 2. The van der Waals surface area contributed by atoms with Crippen LogP contribution in [-0.4, -0.2) is 117 Å². The molecule has 3 atom stereocenters. The van der Waals surface area contributed by atoms with Crippen LogP contribution < -0.4 is 20.9 Å². The number of piperidine rings is 2. The first kappa shape index (κ1) is 43.0. The molecule has 4 saturated heterocycles. The van der Waals surface area contributed by atoms with Crippen LogP contribution in [0.15, 0.2) is 78.6 Å². The molecule has 346 valence electrons. The van der Waals surface area contributed by atoms with Crippen LogP contribution >= 0.6 is 11.3 Å². The number of rotatable bonds is 11. The van der Waals surface area contributed by atoms with Gasteiger partial charge in [-0.2, -0.15) is 0 Å². The van der Waals surface area contributed by atoms with Crippen molar-refractivity contribution in [1.29, 1.82) is 0 Å². The largest absolute Gasteiger partial charge is 0.374 e. The van der Waals surface area contributed by atoms with Gasteiger partial charge >= 0.3 is 0 Å². The molecule has 0 bridgehead atoms. The number of likely N-dealkylation sites (tertiary alicyclic amines) is 2. The summed E-state index contributed by atoms with van der Waals surface area (Å²) in [5.41, 5.74) is 5.09. The number of hydrogen-bond acceptors (Lipinski definition) is 11. The number of amides is 5. The fourth-order valence-corrected chi connectivity index (χ4v) is 11.3. The molecule has 0 radical (unpaired) electrons. The molecular formula is C48H47F3N10O5S. The lowest BCUT2D eigenvalue weighted by Gasteiger charge is -2.61. The molecule has 3 N–H and O–H groups in total. The van der Waals surface area contributed by atoms with Crippen LogP contribution in [0.25, 0.3) is 11.1 Å². The topological polar surface area (TPSA) is 165 Å². The van der Waals surface area contributed by atoms with Crippen molar-refractivity contribution in [3.05, 3.63) is 112 Å². The Hall–Kier alpha value is -6.60. The van der Waals surface area contributed by atoms with E-state index in [1.165, 1.54) is 22.3 Å². The van der Waals surface area contributed by atoms with Crippen LogP contribution in [-0.2, 0) is 38.7 Å². The third kappa shape index (κ3) is 8.00. The van der Waals surface area contributed by atoms with E-state index in [1.54, 1.807) is 58.0 Å². The number of carbonyl (C=O) groups excluding carboxylic acids is 5. The summed E-state index contributed by atoms with van der Waals surface area (Å²) in [6.45, 7) is 3.05. The molecule has 0 saturated carbocycles. The first-order valence-electron chi connectivity index (χ1n) is 22.6. The maximum absolute atomic E-state index is 15.9. The van der Waals surface area contributed by atoms with Gasteiger partial charge in [0.1, 0.15) is 11.9 Å². The number of halogens is 3. The number of aromatic nitrogens is 3. The maximum atomic E-state index is 15.9. The molecule has 2 aromatic heterocycles. The quantitative estimate of drug-likeness (QED) is 0.146. The summed E-state index contributed by atoms with van der Waals surface area (Å²) in [5, 5.41) is 10.3. The summed E-state index contributed by atoms with van der Waals surface area (Å²) in [4.78, 5) is 80.5. The Bertz CT molecular complexity index is 2790. The van der Waals surface area contributed by atoms with Gasteiger partial charge in [-0.15, -0.1) is 11.3 Å². The number of aryl methyl sites for hydroxylation is 1. The number of benzene rings is 3. The van der Waals surface area contributed by atoms with E-state index in [0.29, 0.717) is 53.7 Å². The number of thiazole rings is 1. The van der Waals surface area contributed by atoms with Gasteiger partial charge < -0.3 is 24.6 Å². The molecule has 0 aliphatic carbocycles. The second kappa shape index (κ2) is 16.6. The normalized spacial score (nSPS) is 22.2. The zero-order chi connectivity index (χ0) is 46.2. The maximum Gasteiger partial charge on any atom is 0.267 e. The number of imidazole rings is 1. The highest BCUT2D eigenvalue weighted by molar-refractivity contribution is 7.13. The Morgan fingerprint density at radius 2 is 1.70 bits per heavy atom. The molecule has 6 aliphatic heterocycles. The zero-order valence-corrected chi connectivity index (χ0v) is 37.2. The predicted octanol–water partition coefficient (Wildman–Crippen LogP) is 5.42. The third-order valence-electron chi connectivity index (χ3n) is 14.2. The van der Waals surface area contributed by atoms with Crippen LogP contribution in [0.5, 0.6) is 0 Å². The molecule has 19 heteroatoms. The van der Waals surface area contributed by atoms with Gasteiger partial charge in [0.25, 0.3) is 17.7 Å². The second-order valence-electron chi connectivity index (χ2n) is 18.8. The minimum atomic E-state index is -3.04. The van der Waals surface area contributed by atoms with Gasteiger partial charge in [-0.05, 0) is 85.3 Å². The lowest BCUT2D eigenvalue weighted by Crippen LogP contribution is -2.73. The van der Waals surface area contributed by atoms with Crippen LogP contribution in [0.3, 0.4) is 0 Å². The van der Waals surface area contributed by atoms with E-state index in [2.05, 4.69) is 30.8 Å². The van der Waals surface area contributed by atoms with Crippen molar-refractivity contribution in [2.24, 2.45) is 5.41 Å².